The van der Waals surface area contributed by atoms with E-state index in [2.05, 4.69) is 6.58 Å². The van der Waals surface area contributed by atoms with Gasteiger partial charge in [0.1, 0.15) is 6.10 Å². The summed E-state index contributed by atoms with van der Waals surface area (Å²) in [6.45, 7) is 6.05. The van der Waals surface area contributed by atoms with E-state index in [1.165, 1.54) is 49.4 Å². The minimum absolute atomic E-state index is 0.00831. The van der Waals surface area contributed by atoms with Crippen LogP contribution in [0.4, 0.5) is 0 Å². The highest BCUT2D eigenvalue weighted by Gasteiger charge is 2.55. The molecule has 0 saturated carbocycles. The first kappa shape index (κ1) is 41.4. The van der Waals surface area contributed by atoms with Crippen LogP contribution in [-0.2, 0) is 47.4 Å². The van der Waals surface area contributed by atoms with Gasteiger partial charge in [-0.1, -0.05) is 78.9 Å². The zero-order valence-corrected chi connectivity index (χ0v) is 31.7. The quantitative estimate of drug-likeness (QED) is 0.0890. The number of hydrogen-bond donors (Lipinski definition) is 0. The molecule has 0 spiro atoms. The number of rotatable bonds is 14. The molecule has 2 aliphatic heterocycles. The van der Waals surface area contributed by atoms with Crippen molar-refractivity contribution >= 4 is 29.8 Å². The molecule has 2 heterocycles. The molecule has 0 amide bonds. The fourth-order valence-electron chi connectivity index (χ4n) is 6.37. The molecule has 302 valence electrons. The van der Waals surface area contributed by atoms with Gasteiger partial charge < -0.3 is 42.6 Å². The number of benzene rings is 4. The van der Waals surface area contributed by atoms with Crippen LogP contribution in [0.25, 0.3) is 0 Å². The molecule has 0 radical (unpaired) electrons. The average molecular weight is 795 g/mol. The zero-order valence-electron chi connectivity index (χ0n) is 31.7. The first-order valence-electron chi connectivity index (χ1n) is 18.5. The van der Waals surface area contributed by atoms with Gasteiger partial charge in [-0.25, -0.2) is 19.2 Å². The molecule has 2 fully saturated rings. The molecule has 14 nitrogen and oxygen atoms in total. The van der Waals surface area contributed by atoms with Crippen LogP contribution in [0.1, 0.15) is 55.3 Å². The summed E-state index contributed by atoms with van der Waals surface area (Å²) in [6.07, 6.45) is -11.0. The summed E-state index contributed by atoms with van der Waals surface area (Å²) in [5, 5.41) is 0. The highest BCUT2D eigenvalue weighted by molar-refractivity contribution is 5.91. The van der Waals surface area contributed by atoms with Crippen molar-refractivity contribution in [3.05, 3.63) is 156 Å². The van der Waals surface area contributed by atoms with E-state index in [9.17, 15) is 24.0 Å². The third-order valence-corrected chi connectivity index (χ3v) is 9.11. The van der Waals surface area contributed by atoms with E-state index in [1.807, 2.05) is 0 Å². The van der Waals surface area contributed by atoms with Gasteiger partial charge >= 0.3 is 29.8 Å². The largest absolute Gasteiger partial charge is 0.453 e. The number of hydrogen-bond acceptors (Lipinski definition) is 14. The lowest BCUT2D eigenvalue weighted by Gasteiger charge is -2.46. The van der Waals surface area contributed by atoms with E-state index in [0.717, 1.165) is 0 Å². The first-order chi connectivity index (χ1) is 28.1. The Hall–Kier alpha value is -6.19. The molecule has 4 aromatic carbocycles. The Labute approximate surface area is 334 Å². The first-order valence-corrected chi connectivity index (χ1v) is 18.5. The number of ether oxygens (including phenoxy) is 9. The second kappa shape index (κ2) is 19.8. The van der Waals surface area contributed by atoms with E-state index < -0.39 is 85.2 Å². The van der Waals surface area contributed by atoms with Gasteiger partial charge in [0.15, 0.2) is 43.1 Å². The maximum absolute atomic E-state index is 13.8. The molecule has 0 N–H and O–H groups in total. The maximum atomic E-state index is 13.8. The highest BCUT2D eigenvalue weighted by atomic mass is 16.8. The van der Waals surface area contributed by atoms with Gasteiger partial charge in [-0.05, 0) is 55.5 Å². The van der Waals surface area contributed by atoms with Crippen LogP contribution in [0.15, 0.2) is 134 Å². The summed E-state index contributed by atoms with van der Waals surface area (Å²) in [4.78, 5) is 67.1. The Kier molecular flexibility index (Phi) is 14.1. The molecule has 14 heteroatoms. The summed E-state index contributed by atoms with van der Waals surface area (Å²) in [6, 6.07) is 32.3. The van der Waals surface area contributed by atoms with E-state index in [0.29, 0.717) is 0 Å². The fourth-order valence-corrected chi connectivity index (χ4v) is 6.37. The molecule has 0 unspecified atom stereocenters. The van der Waals surface area contributed by atoms with E-state index >= 15 is 0 Å². The second-order valence-electron chi connectivity index (χ2n) is 13.2. The zero-order chi connectivity index (χ0) is 41.0. The van der Waals surface area contributed by atoms with Crippen molar-refractivity contribution in [2.45, 2.75) is 69.2 Å². The topological polar surface area (TPSA) is 168 Å². The van der Waals surface area contributed by atoms with Gasteiger partial charge in [0, 0.05) is 6.92 Å². The Balaban J connectivity index is 1.39. The highest BCUT2D eigenvalue weighted by Crippen LogP contribution is 2.34. The number of carbonyl (C=O) groups excluding carboxylic acids is 5. The summed E-state index contributed by atoms with van der Waals surface area (Å²) in [7, 11) is 0. The van der Waals surface area contributed by atoms with Gasteiger partial charge in [-0.3, -0.25) is 4.79 Å². The molecule has 4 aromatic rings. The van der Waals surface area contributed by atoms with Crippen molar-refractivity contribution in [3.63, 3.8) is 0 Å². The number of carbonyl (C=O) groups is 5. The van der Waals surface area contributed by atoms with Crippen LogP contribution < -0.4 is 0 Å². The minimum Gasteiger partial charge on any atom is -0.453 e. The van der Waals surface area contributed by atoms with Gasteiger partial charge in [0.05, 0.1) is 41.6 Å². The second-order valence-corrected chi connectivity index (χ2v) is 13.2. The fraction of sp³-hybridized carbons (Fsp3) is 0.295. The Morgan fingerprint density at radius 3 is 1.40 bits per heavy atom. The van der Waals surface area contributed by atoms with Gasteiger partial charge in [-0.15, -0.1) is 6.58 Å². The lowest BCUT2D eigenvalue weighted by Crippen LogP contribution is -2.64. The lowest BCUT2D eigenvalue weighted by molar-refractivity contribution is -0.337. The van der Waals surface area contributed by atoms with Gasteiger partial charge in [-0.2, -0.15) is 0 Å². The predicted octanol–water partition coefficient (Wildman–Crippen LogP) is 5.51. The minimum atomic E-state index is -1.63. The third-order valence-electron chi connectivity index (χ3n) is 9.11. The average Bonchev–Trinajstić information content (AvgIpc) is 3.24. The normalized spacial score (nSPS) is 25.3. The molecule has 0 aliphatic carbocycles. The molecule has 0 bridgehead atoms. The van der Waals surface area contributed by atoms with Crippen molar-refractivity contribution in [2.24, 2.45) is 0 Å². The third kappa shape index (κ3) is 10.4. The molecule has 0 aromatic heterocycles. The van der Waals surface area contributed by atoms with Gasteiger partial charge in [0.25, 0.3) is 0 Å². The monoisotopic (exact) mass is 794 g/mol. The van der Waals surface area contributed by atoms with Crippen molar-refractivity contribution in [3.8, 4) is 0 Å². The predicted molar refractivity (Wildman–Crippen MR) is 203 cm³/mol. The lowest BCUT2D eigenvalue weighted by atomic mass is 9.97. The molecular weight excluding hydrogens is 752 g/mol. The van der Waals surface area contributed by atoms with E-state index in [4.69, 9.17) is 42.6 Å². The molecule has 2 aliphatic rings. The van der Waals surface area contributed by atoms with Gasteiger partial charge in [0.2, 0.25) is 0 Å². The SMILES string of the molecule is C=CCO[C@H]1OC[C@H](O[C@@H]2O[C@H](C)[C@H](OC(=O)c3ccccc3)[C@H](OC(=O)c3ccccc3)[C@H]2OC(=O)c2ccccc2)[C@H](OC(=O)c2ccccc2)[C@H]1OC(C)=O. The summed E-state index contributed by atoms with van der Waals surface area (Å²) in [5.41, 5.74) is 0.680. The van der Waals surface area contributed by atoms with Crippen LogP contribution in [0.2, 0.25) is 0 Å². The van der Waals surface area contributed by atoms with E-state index in [1.54, 1.807) is 91.9 Å². The summed E-state index contributed by atoms with van der Waals surface area (Å²) in [5.74, 6) is -3.97. The van der Waals surface area contributed by atoms with Crippen molar-refractivity contribution in [2.75, 3.05) is 13.2 Å². The molecule has 2 saturated heterocycles. The van der Waals surface area contributed by atoms with Crippen LogP contribution >= 0.6 is 0 Å². The smallest absolute Gasteiger partial charge is 0.338 e. The Morgan fingerprint density at radius 1 is 0.569 bits per heavy atom. The molecule has 6 rings (SSSR count). The van der Waals surface area contributed by atoms with Crippen molar-refractivity contribution in [1.29, 1.82) is 0 Å². The molecular formula is C44H42O14. The molecule has 58 heavy (non-hydrogen) atoms. The summed E-state index contributed by atoms with van der Waals surface area (Å²) >= 11 is 0. The van der Waals surface area contributed by atoms with Crippen LogP contribution in [0.5, 0.6) is 0 Å². The van der Waals surface area contributed by atoms with Crippen molar-refractivity contribution < 1.29 is 66.6 Å². The van der Waals surface area contributed by atoms with Crippen LogP contribution in [0, 0.1) is 0 Å². The Bertz CT molecular complexity index is 2010. The van der Waals surface area contributed by atoms with Crippen LogP contribution in [-0.4, -0.2) is 98.4 Å². The van der Waals surface area contributed by atoms with E-state index in [-0.39, 0.29) is 35.5 Å². The Morgan fingerprint density at radius 2 is 0.966 bits per heavy atom. The summed E-state index contributed by atoms with van der Waals surface area (Å²) < 4.78 is 54.3. The standard InChI is InChI=1S/C44H42O14/c1-4-25-50-43-37(53-28(3)45)35(56-40(47)30-19-11-6-12-20-30)33(26-51-43)54-44-38(58-42(49)32-23-15-8-16-24-32)36(57-41(48)31-21-13-7-14-22-31)34(27(2)52-44)55-39(46)29-17-9-5-10-18-29/h4-24,27,33-38,43-44H,1,25-26H2,2-3H3/t27-,33+,34+,35+,36+,37-,38-,43+,44+/m1/s1. The van der Waals surface area contributed by atoms with Crippen molar-refractivity contribution in [1.82, 2.24) is 0 Å². The maximum Gasteiger partial charge on any atom is 0.338 e. The van der Waals surface area contributed by atoms with Crippen LogP contribution in [0.3, 0.4) is 0 Å². The number of esters is 5. The molecule has 9 atom stereocenters.